The van der Waals surface area contributed by atoms with Crippen molar-refractivity contribution in [2.24, 2.45) is 0 Å². The van der Waals surface area contributed by atoms with E-state index in [1.165, 1.54) is 0 Å². The second-order valence-corrected chi connectivity index (χ2v) is 7.57. The van der Waals surface area contributed by atoms with Crippen LogP contribution in [0.3, 0.4) is 0 Å². The zero-order valence-corrected chi connectivity index (χ0v) is 18.0. The molecule has 0 aromatic carbocycles. The zero-order chi connectivity index (χ0) is 22.8. The number of hydrogen-bond donors (Lipinski definition) is 1. The van der Waals surface area contributed by atoms with E-state index in [1.54, 1.807) is 35.4 Å². The van der Waals surface area contributed by atoms with Crippen LogP contribution in [0.5, 0.6) is 11.6 Å². The molecule has 0 unspecified atom stereocenters. The van der Waals surface area contributed by atoms with Crippen LogP contribution in [0.15, 0.2) is 61.2 Å². The molecule has 0 aliphatic carbocycles. The third-order valence-electron chi connectivity index (χ3n) is 5.44. The van der Waals surface area contributed by atoms with Gasteiger partial charge in [-0.1, -0.05) is 6.07 Å². The third-order valence-corrected chi connectivity index (χ3v) is 5.44. The number of fused-ring (bicyclic) bond motifs is 1. The van der Waals surface area contributed by atoms with E-state index in [0.717, 1.165) is 16.9 Å². The van der Waals surface area contributed by atoms with Gasteiger partial charge < -0.3 is 19.8 Å². The van der Waals surface area contributed by atoms with Crippen molar-refractivity contribution >= 4 is 17.0 Å². The number of anilines is 1. The molecule has 1 aliphatic rings. The van der Waals surface area contributed by atoms with Gasteiger partial charge in [0.2, 0.25) is 5.88 Å². The van der Waals surface area contributed by atoms with Crippen LogP contribution in [0.4, 0.5) is 5.82 Å². The Morgan fingerprint density at radius 2 is 2.12 bits per heavy atom. The Bertz CT molecular complexity index is 1340. The van der Waals surface area contributed by atoms with Crippen molar-refractivity contribution < 1.29 is 9.47 Å². The number of ether oxygens (including phenoxy) is 2. The summed E-state index contributed by atoms with van der Waals surface area (Å²) in [6.45, 7) is 3.40. The van der Waals surface area contributed by atoms with Gasteiger partial charge in [-0.05, 0) is 31.2 Å². The summed E-state index contributed by atoms with van der Waals surface area (Å²) in [7, 11) is 0. The topological polar surface area (TPSA) is 112 Å². The van der Waals surface area contributed by atoms with Gasteiger partial charge in [0.05, 0.1) is 48.9 Å². The van der Waals surface area contributed by atoms with Crippen LogP contribution >= 0.6 is 0 Å². The molecule has 4 aromatic rings. The molecule has 4 aromatic heterocycles. The van der Waals surface area contributed by atoms with E-state index in [4.69, 9.17) is 14.9 Å². The summed E-state index contributed by atoms with van der Waals surface area (Å²) in [4.78, 5) is 10.8. The quantitative estimate of drug-likeness (QED) is 0.490. The average molecular weight is 439 g/mol. The van der Waals surface area contributed by atoms with Crippen molar-refractivity contribution in [2.45, 2.75) is 13.0 Å². The molecule has 0 bridgehead atoms. The third kappa shape index (κ3) is 3.94. The van der Waals surface area contributed by atoms with Crippen LogP contribution in [0.1, 0.15) is 12.5 Å². The first-order chi connectivity index (χ1) is 16.2. The minimum atomic E-state index is -0.367. The van der Waals surface area contributed by atoms with Crippen molar-refractivity contribution in [3.8, 4) is 28.8 Å². The molecule has 0 saturated carbocycles. The summed E-state index contributed by atoms with van der Waals surface area (Å²) in [6, 6.07) is 13.4. The highest BCUT2D eigenvalue weighted by Gasteiger charge is 2.30. The normalized spacial score (nSPS) is 15.6. The van der Waals surface area contributed by atoms with Crippen LogP contribution in [0.2, 0.25) is 0 Å². The summed E-state index contributed by atoms with van der Waals surface area (Å²) in [5.74, 6) is 1.92. The Hall–Kier alpha value is -4.45. The molecule has 0 spiro atoms. The Balaban J connectivity index is 1.41. The van der Waals surface area contributed by atoms with Gasteiger partial charge in [-0.3, -0.25) is 0 Å². The van der Waals surface area contributed by atoms with Gasteiger partial charge >= 0.3 is 0 Å². The Morgan fingerprint density at radius 3 is 2.85 bits per heavy atom. The second kappa shape index (κ2) is 8.59. The zero-order valence-electron chi connectivity index (χ0n) is 18.0. The van der Waals surface area contributed by atoms with Crippen molar-refractivity contribution in [2.75, 3.05) is 24.6 Å². The minimum absolute atomic E-state index is 0.367. The highest BCUT2D eigenvalue weighted by Crippen LogP contribution is 2.31. The monoisotopic (exact) mass is 439 g/mol. The van der Waals surface area contributed by atoms with Gasteiger partial charge in [0.15, 0.2) is 6.10 Å². The summed E-state index contributed by atoms with van der Waals surface area (Å²) >= 11 is 0. The fourth-order valence-electron chi connectivity index (χ4n) is 3.90. The molecule has 1 fully saturated rings. The Labute approximate surface area is 190 Å². The van der Waals surface area contributed by atoms with Crippen molar-refractivity contribution in [1.82, 2.24) is 19.6 Å². The molecule has 5 rings (SSSR count). The second-order valence-electron chi connectivity index (χ2n) is 7.57. The summed E-state index contributed by atoms with van der Waals surface area (Å²) < 4.78 is 13.2. The van der Waals surface area contributed by atoms with E-state index >= 15 is 0 Å². The molecule has 164 valence electrons. The number of nitrogens with one attached hydrogen (secondary N) is 1. The van der Waals surface area contributed by atoms with E-state index in [1.807, 2.05) is 42.2 Å². The molecule has 33 heavy (non-hydrogen) atoms. The van der Waals surface area contributed by atoms with Crippen LogP contribution < -0.4 is 14.4 Å². The predicted molar refractivity (Wildman–Crippen MR) is 123 cm³/mol. The van der Waals surface area contributed by atoms with Crippen LogP contribution in [-0.2, 0) is 0 Å². The lowest BCUT2D eigenvalue weighted by molar-refractivity contribution is 0.270. The maximum atomic E-state index is 9.52. The maximum absolute atomic E-state index is 9.52. The molecule has 9 heteroatoms. The molecule has 9 nitrogen and oxygen atoms in total. The van der Waals surface area contributed by atoms with Crippen molar-refractivity contribution in [3.63, 3.8) is 0 Å². The first-order valence-corrected chi connectivity index (χ1v) is 10.6. The molecule has 5 heterocycles. The number of nitriles is 1. The molecule has 0 radical (unpaired) electrons. The van der Waals surface area contributed by atoms with E-state index < -0.39 is 0 Å². The van der Waals surface area contributed by atoms with Crippen LogP contribution in [-0.4, -0.2) is 51.1 Å². The van der Waals surface area contributed by atoms with Gasteiger partial charge in [-0.2, -0.15) is 10.4 Å². The molecule has 0 amide bonds. The average Bonchev–Trinajstić information content (AvgIpc) is 3.43. The summed E-state index contributed by atoms with van der Waals surface area (Å²) in [5.41, 5.74) is 3.34. The van der Waals surface area contributed by atoms with E-state index in [0.29, 0.717) is 48.1 Å². The van der Waals surface area contributed by atoms with E-state index in [-0.39, 0.29) is 6.10 Å². The first-order valence-electron chi connectivity index (χ1n) is 10.6. The fourth-order valence-corrected chi connectivity index (χ4v) is 3.90. The summed E-state index contributed by atoms with van der Waals surface area (Å²) in [6.07, 6.45) is 6.39. The number of hydrogen-bond acceptors (Lipinski definition) is 8. The molecule has 1 saturated heterocycles. The number of aromatic nitrogens is 4. The van der Waals surface area contributed by atoms with Crippen molar-refractivity contribution in [3.05, 3.63) is 66.7 Å². The minimum Gasteiger partial charge on any atom is -0.492 e. The highest BCUT2D eigenvalue weighted by atomic mass is 16.5. The first kappa shape index (κ1) is 20.5. The lowest BCUT2D eigenvalue weighted by Crippen LogP contribution is -2.27. The lowest BCUT2D eigenvalue weighted by Gasteiger charge is -2.17. The lowest BCUT2D eigenvalue weighted by atomic mass is 10.1. The SMILES string of the molecule is CCOc1cc(-c2ccc(N3CC(=N)[C@@H](Oc4ccccn4)C3)nc2)c2c(C#N)cnn2c1. The smallest absolute Gasteiger partial charge is 0.213 e. The summed E-state index contributed by atoms with van der Waals surface area (Å²) in [5, 5.41) is 22.1. The Kier molecular flexibility index (Phi) is 5.32. The maximum Gasteiger partial charge on any atom is 0.213 e. The van der Waals surface area contributed by atoms with Gasteiger partial charge in [0, 0.05) is 29.6 Å². The van der Waals surface area contributed by atoms with Gasteiger partial charge in [0.1, 0.15) is 17.6 Å². The van der Waals surface area contributed by atoms with Crippen molar-refractivity contribution in [1.29, 1.82) is 10.7 Å². The predicted octanol–water partition coefficient (Wildman–Crippen LogP) is 3.35. The highest BCUT2D eigenvalue weighted by molar-refractivity contribution is 5.94. The Morgan fingerprint density at radius 1 is 1.21 bits per heavy atom. The standard InChI is InChI=1S/C24H21N7O2/c1-2-32-18-9-19(24-17(10-25)12-29-31(24)13-18)16-6-7-22(28-11-16)30-14-20(26)21(15-30)33-23-5-3-4-8-27-23/h3-9,11-13,21,26H,2,14-15H2,1H3/t21-/m0/s1. The van der Waals surface area contributed by atoms with Crippen LogP contribution in [0.25, 0.3) is 16.6 Å². The molecule has 1 N–H and O–H groups in total. The molecular formula is C24H21N7O2. The van der Waals surface area contributed by atoms with Gasteiger partial charge in [0.25, 0.3) is 0 Å². The van der Waals surface area contributed by atoms with E-state index in [9.17, 15) is 5.26 Å². The molecular weight excluding hydrogens is 418 g/mol. The van der Waals surface area contributed by atoms with Gasteiger partial charge in [-0.15, -0.1) is 0 Å². The number of pyridine rings is 3. The largest absolute Gasteiger partial charge is 0.492 e. The number of nitrogens with zero attached hydrogens (tertiary/aromatic N) is 6. The number of rotatable bonds is 6. The molecule has 1 aliphatic heterocycles. The van der Waals surface area contributed by atoms with Gasteiger partial charge in [-0.25, -0.2) is 14.5 Å². The van der Waals surface area contributed by atoms with Crippen LogP contribution in [0, 0.1) is 16.7 Å². The van der Waals surface area contributed by atoms with E-state index in [2.05, 4.69) is 21.1 Å². The fraction of sp³-hybridized carbons (Fsp3) is 0.208. The molecule has 1 atom stereocenters.